The molecule has 2 atom stereocenters. The predicted octanol–water partition coefficient (Wildman–Crippen LogP) is 4.04. The Labute approximate surface area is 187 Å². The summed E-state index contributed by atoms with van der Waals surface area (Å²) < 4.78 is 19.3. The van der Waals surface area contributed by atoms with Crippen LogP contribution < -0.4 is 5.32 Å². The monoisotopic (exact) mass is 518 g/mol. The van der Waals surface area contributed by atoms with Gasteiger partial charge in [-0.05, 0) is 31.0 Å². The van der Waals surface area contributed by atoms with Crippen molar-refractivity contribution in [2.24, 2.45) is 4.99 Å². The predicted molar refractivity (Wildman–Crippen MR) is 123 cm³/mol. The molecule has 1 aromatic heterocycles. The molecule has 0 amide bonds. The van der Waals surface area contributed by atoms with Crippen LogP contribution in [0.1, 0.15) is 35.4 Å². The van der Waals surface area contributed by atoms with Gasteiger partial charge in [0.2, 0.25) is 0 Å². The van der Waals surface area contributed by atoms with Gasteiger partial charge in [-0.2, -0.15) is 0 Å². The second-order valence-electron chi connectivity index (χ2n) is 6.69. The SMILES string of the molecule is CCc1cnc(CCNC(=NC)N2CC(C)OC(c3ccc(F)cc3)C2)s1.I. The molecule has 3 rings (SSSR count). The van der Waals surface area contributed by atoms with E-state index in [1.807, 2.05) is 6.20 Å². The van der Waals surface area contributed by atoms with Gasteiger partial charge in [0.05, 0.1) is 17.7 Å². The molecule has 2 aromatic rings. The summed E-state index contributed by atoms with van der Waals surface area (Å²) in [4.78, 5) is 12.4. The van der Waals surface area contributed by atoms with E-state index in [1.165, 1.54) is 17.0 Å². The fourth-order valence-electron chi connectivity index (χ4n) is 3.23. The number of nitrogens with one attached hydrogen (secondary N) is 1. The van der Waals surface area contributed by atoms with E-state index >= 15 is 0 Å². The quantitative estimate of drug-likeness (QED) is 0.369. The lowest BCUT2D eigenvalue weighted by Crippen LogP contribution is -2.51. The molecule has 0 saturated carbocycles. The number of nitrogens with zero attached hydrogens (tertiary/aromatic N) is 3. The normalized spacial score (nSPS) is 20.0. The molecule has 2 heterocycles. The van der Waals surface area contributed by atoms with Crippen molar-refractivity contribution in [2.45, 2.75) is 38.9 Å². The molecule has 5 nitrogen and oxygen atoms in total. The zero-order valence-electron chi connectivity index (χ0n) is 16.5. The number of aryl methyl sites for hydroxylation is 1. The number of guanidine groups is 1. The van der Waals surface area contributed by atoms with E-state index in [2.05, 4.69) is 34.0 Å². The smallest absolute Gasteiger partial charge is 0.193 e. The standard InChI is InChI=1S/C20H27FN4OS.HI/c1-4-17-11-24-19(27-17)9-10-23-20(22-3)25-12-14(2)26-18(13-25)15-5-7-16(21)8-6-15;/h5-8,11,14,18H,4,9-10,12-13H2,1-3H3,(H,22,23);1H. The average molecular weight is 518 g/mol. The van der Waals surface area contributed by atoms with E-state index < -0.39 is 0 Å². The zero-order valence-corrected chi connectivity index (χ0v) is 19.7. The van der Waals surface area contributed by atoms with Crippen molar-refractivity contribution in [2.75, 3.05) is 26.7 Å². The van der Waals surface area contributed by atoms with Crippen LogP contribution in [0.2, 0.25) is 0 Å². The Morgan fingerprint density at radius 2 is 2.11 bits per heavy atom. The van der Waals surface area contributed by atoms with E-state index in [9.17, 15) is 4.39 Å². The first-order valence-corrected chi connectivity index (χ1v) is 10.2. The van der Waals surface area contributed by atoms with Crippen molar-refractivity contribution < 1.29 is 9.13 Å². The number of hydrogen-bond donors (Lipinski definition) is 1. The third kappa shape index (κ3) is 6.12. The van der Waals surface area contributed by atoms with E-state index in [1.54, 1.807) is 30.5 Å². The van der Waals surface area contributed by atoms with Gasteiger partial charge >= 0.3 is 0 Å². The van der Waals surface area contributed by atoms with Crippen molar-refractivity contribution >= 4 is 41.3 Å². The highest BCUT2D eigenvalue weighted by Gasteiger charge is 2.28. The van der Waals surface area contributed by atoms with Gasteiger partial charge in [-0.25, -0.2) is 9.37 Å². The molecule has 0 radical (unpaired) electrons. The summed E-state index contributed by atoms with van der Waals surface area (Å²) in [7, 11) is 1.80. The molecular weight excluding hydrogens is 490 g/mol. The fraction of sp³-hybridized carbons (Fsp3) is 0.500. The first-order valence-electron chi connectivity index (χ1n) is 9.39. The van der Waals surface area contributed by atoms with Gasteiger partial charge in [0.1, 0.15) is 11.9 Å². The summed E-state index contributed by atoms with van der Waals surface area (Å²) in [6.45, 7) is 6.45. The molecule has 0 spiro atoms. The molecule has 154 valence electrons. The Hall–Kier alpha value is -1.26. The Kier molecular flexibility index (Phi) is 9.10. The number of morpholine rings is 1. The molecule has 1 aliphatic heterocycles. The van der Waals surface area contributed by atoms with E-state index in [0.29, 0.717) is 6.54 Å². The van der Waals surface area contributed by atoms with E-state index in [-0.39, 0.29) is 42.0 Å². The van der Waals surface area contributed by atoms with Gasteiger partial charge in [-0.15, -0.1) is 35.3 Å². The Balaban J connectivity index is 0.00000280. The number of aromatic nitrogens is 1. The molecule has 8 heteroatoms. The second-order valence-corrected chi connectivity index (χ2v) is 7.89. The molecular formula is C20H28FIN4OS. The third-order valence-corrected chi connectivity index (χ3v) is 5.79. The van der Waals surface area contributed by atoms with Crippen LogP contribution >= 0.6 is 35.3 Å². The number of thiazole rings is 1. The van der Waals surface area contributed by atoms with Gasteiger partial charge in [0, 0.05) is 37.6 Å². The lowest BCUT2D eigenvalue weighted by Gasteiger charge is -2.38. The lowest BCUT2D eigenvalue weighted by atomic mass is 10.1. The summed E-state index contributed by atoms with van der Waals surface area (Å²) in [5, 5.41) is 4.59. The number of aliphatic imine (C=N–C) groups is 1. The topological polar surface area (TPSA) is 49.8 Å². The maximum absolute atomic E-state index is 13.2. The summed E-state index contributed by atoms with van der Waals surface area (Å²) in [5.41, 5.74) is 0.985. The summed E-state index contributed by atoms with van der Waals surface area (Å²) in [5.74, 6) is 0.634. The third-order valence-electron chi connectivity index (χ3n) is 4.59. The number of hydrogen-bond acceptors (Lipinski definition) is 4. The van der Waals surface area contributed by atoms with E-state index in [4.69, 9.17) is 4.74 Å². The van der Waals surface area contributed by atoms with Crippen LogP contribution in [0.25, 0.3) is 0 Å². The Morgan fingerprint density at radius 1 is 1.36 bits per heavy atom. The summed E-state index contributed by atoms with van der Waals surface area (Å²) in [6.07, 6.45) is 3.84. The number of rotatable bonds is 5. The van der Waals surface area contributed by atoms with Crippen LogP contribution in [0.5, 0.6) is 0 Å². The Bertz CT molecular complexity index is 768. The summed E-state index contributed by atoms with van der Waals surface area (Å²) in [6, 6.07) is 6.54. The summed E-state index contributed by atoms with van der Waals surface area (Å²) >= 11 is 1.77. The van der Waals surface area contributed by atoms with Gasteiger partial charge in [-0.1, -0.05) is 19.1 Å². The molecule has 0 bridgehead atoms. The maximum atomic E-state index is 13.2. The molecule has 2 unspecified atom stereocenters. The van der Waals surface area contributed by atoms with Gasteiger partial charge < -0.3 is 15.0 Å². The second kappa shape index (κ2) is 11.1. The van der Waals surface area contributed by atoms with Crippen molar-refractivity contribution in [3.8, 4) is 0 Å². The van der Waals surface area contributed by atoms with Crippen LogP contribution in [0, 0.1) is 5.82 Å². The van der Waals surface area contributed by atoms with Crippen molar-refractivity contribution in [1.29, 1.82) is 0 Å². The van der Waals surface area contributed by atoms with Crippen molar-refractivity contribution in [1.82, 2.24) is 15.2 Å². The van der Waals surface area contributed by atoms with Crippen molar-refractivity contribution in [3.63, 3.8) is 0 Å². The first-order chi connectivity index (χ1) is 13.1. The Morgan fingerprint density at radius 3 is 2.75 bits per heavy atom. The maximum Gasteiger partial charge on any atom is 0.193 e. The fourth-order valence-corrected chi connectivity index (χ4v) is 4.09. The molecule has 1 fully saturated rings. The highest BCUT2D eigenvalue weighted by Crippen LogP contribution is 2.25. The average Bonchev–Trinajstić information content (AvgIpc) is 3.13. The highest BCUT2D eigenvalue weighted by atomic mass is 127. The first kappa shape index (κ1) is 23.0. The minimum Gasteiger partial charge on any atom is -0.367 e. The van der Waals surface area contributed by atoms with Crippen LogP contribution in [0.3, 0.4) is 0 Å². The molecule has 1 saturated heterocycles. The minimum atomic E-state index is -0.231. The van der Waals surface area contributed by atoms with E-state index in [0.717, 1.165) is 42.5 Å². The number of ether oxygens (including phenoxy) is 1. The van der Waals surface area contributed by atoms with Crippen LogP contribution in [-0.4, -0.2) is 48.6 Å². The number of benzene rings is 1. The highest BCUT2D eigenvalue weighted by molar-refractivity contribution is 14.0. The van der Waals surface area contributed by atoms with Gasteiger partial charge in [0.15, 0.2) is 5.96 Å². The lowest BCUT2D eigenvalue weighted by molar-refractivity contribution is -0.0604. The van der Waals surface area contributed by atoms with Gasteiger partial charge in [0.25, 0.3) is 0 Å². The van der Waals surface area contributed by atoms with Crippen LogP contribution in [0.4, 0.5) is 4.39 Å². The molecule has 1 aliphatic rings. The van der Waals surface area contributed by atoms with Crippen molar-refractivity contribution in [3.05, 3.63) is 51.7 Å². The number of halogens is 2. The van der Waals surface area contributed by atoms with Crippen LogP contribution in [0.15, 0.2) is 35.5 Å². The molecule has 1 N–H and O–H groups in total. The van der Waals surface area contributed by atoms with Gasteiger partial charge in [-0.3, -0.25) is 4.99 Å². The molecule has 1 aromatic carbocycles. The van der Waals surface area contributed by atoms with Crippen LogP contribution in [-0.2, 0) is 17.6 Å². The zero-order chi connectivity index (χ0) is 19.2. The largest absolute Gasteiger partial charge is 0.367 e. The minimum absolute atomic E-state index is 0. The molecule has 0 aliphatic carbocycles. The molecule has 28 heavy (non-hydrogen) atoms.